The third-order valence-electron chi connectivity index (χ3n) is 4.32. The van der Waals surface area contributed by atoms with E-state index in [0.29, 0.717) is 6.42 Å². The summed E-state index contributed by atoms with van der Waals surface area (Å²) in [7, 11) is 0. The van der Waals surface area contributed by atoms with Crippen molar-refractivity contribution in [1.29, 1.82) is 0 Å². The summed E-state index contributed by atoms with van der Waals surface area (Å²) in [5, 5.41) is 5.78. The molecule has 0 aliphatic rings. The molecular weight excluding hydrogens is 344 g/mol. The fourth-order valence-corrected chi connectivity index (χ4v) is 3.59. The highest BCUT2D eigenvalue weighted by Crippen LogP contribution is 2.24. The van der Waals surface area contributed by atoms with E-state index in [1.165, 1.54) is 5.56 Å². The van der Waals surface area contributed by atoms with Crippen LogP contribution in [0.5, 0.6) is 0 Å². The number of nitrogens with zero attached hydrogens (tertiary/aromatic N) is 3. The maximum atomic E-state index is 12.4. The van der Waals surface area contributed by atoms with Crippen LogP contribution in [-0.4, -0.2) is 20.4 Å². The molecule has 0 saturated heterocycles. The lowest BCUT2D eigenvalue weighted by Gasteiger charge is -2.12. The van der Waals surface area contributed by atoms with E-state index < -0.39 is 0 Å². The van der Waals surface area contributed by atoms with Crippen LogP contribution in [0.4, 0.5) is 5.69 Å². The highest BCUT2D eigenvalue weighted by molar-refractivity contribution is 7.12. The molecule has 4 rings (SSSR count). The first kappa shape index (κ1) is 16.5. The van der Waals surface area contributed by atoms with Crippen molar-refractivity contribution in [3.63, 3.8) is 0 Å². The van der Waals surface area contributed by atoms with Crippen LogP contribution >= 0.6 is 11.3 Å². The summed E-state index contributed by atoms with van der Waals surface area (Å²) < 4.78 is 1.93. The lowest BCUT2D eigenvalue weighted by molar-refractivity contribution is -0.116. The average molecular weight is 362 g/mol. The third-order valence-corrected chi connectivity index (χ3v) is 5.09. The number of anilines is 1. The van der Waals surface area contributed by atoms with Crippen molar-refractivity contribution in [2.75, 3.05) is 5.32 Å². The van der Waals surface area contributed by atoms with Gasteiger partial charge in [0.15, 0.2) is 5.13 Å². The Morgan fingerprint density at radius 2 is 2.04 bits per heavy atom. The predicted octanol–water partition coefficient (Wildman–Crippen LogP) is 4.61. The molecule has 2 heterocycles. The van der Waals surface area contributed by atoms with Crippen LogP contribution in [0.1, 0.15) is 24.8 Å². The van der Waals surface area contributed by atoms with Gasteiger partial charge in [-0.3, -0.25) is 9.36 Å². The smallest absolute Gasteiger partial charge is 0.224 e. The molecule has 0 aliphatic carbocycles. The number of hydrogen-bond donors (Lipinski definition) is 1. The van der Waals surface area contributed by atoms with Gasteiger partial charge in [-0.25, -0.2) is 9.97 Å². The Balaban J connectivity index is 1.52. The largest absolute Gasteiger partial charge is 0.326 e. The first-order valence-corrected chi connectivity index (χ1v) is 9.30. The van der Waals surface area contributed by atoms with E-state index in [9.17, 15) is 4.79 Å². The Morgan fingerprint density at radius 1 is 1.19 bits per heavy atom. The number of imidazole rings is 1. The molecule has 130 valence electrons. The van der Waals surface area contributed by atoms with Gasteiger partial charge in [0.05, 0.1) is 11.0 Å². The summed E-state index contributed by atoms with van der Waals surface area (Å²) in [6.45, 7) is 2.07. The monoisotopic (exact) mass is 362 g/mol. The van der Waals surface area contributed by atoms with Gasteiger partial charge in [-0.2, -0.15) is 0 Å². The number of carbonyl (C=O) groups excluding carboxylic acids is 1. The number of amides is 1. The fourth-order valence-electron chi connectivity index (χ4n) is 2.96. The molecule has 0 radical (unpaired) electrons. The van der Waals surface area contributed by atoms with Crippen molar-refractivity contribution in [3.8, 4) is 5.13 Å². The average Bonchev–Trinajstić information content (AvgIpc) is 3.31. The molecule has 0 aliphatic heterocycles. The molecule has 6 heteroatoms. The second-order valence-electron chi connectivity index (χ2n) is 6.20. The Labute approximate surface area is 155 Å². The number of hydrogen-bond acceptors (Lipinski definition) is 4. The zero-order chi connectivity index (χ0) is 17.9. The molecule has 0 saturated carbocycles. The van der Waals surface area contributed by atoms with Gasteiger partial charge in [-0.1, -0.05) is 37.3 Å². The number of nitrogens with one attached hydrogen (secondary N) is 1. The summed E-state index contributed by atoms with van der Waals surface area (Å²) in [4.78, 5) is 21.2. The van der Waals surface area contributed by atoms with Gasteiger partial charge >= 0.3 is 0 Å². The summed E-state index contributed by atoms with van der Waals surface area (Å²) in [5.41, 5.74) is 3.73. The lowest BCUT2D eigenvalue weighted by atomic mass is 9.97. The number of fused-ring (bicyclic) bond motifs is 1. The van der Waals surface area contributed by atoms with Gasteiger partial charge in [0.25, 0.3) is 0 Å². The second-order valence-corrected chi connectivity index (χ2v) is 7.07. The number of aromatic nitrogens is 3. The van der Waals surface area contributed by atoms with Crippen molar-refractivity contribution in [2.45, 2.75) is 19.3 Å². The Kier molecular flexibility index (Phi) is 4.50. The van der Waals surface area contributed by atoms with Crippen molar-refractivity contribution < 1.29 is 4.79 Å². The standard InChI is InChI=1S/C20H18N4OS/c1-14(15-5-3-2-4-6-15)11-19(25)23-16-7-8-17-18(12-16)24(13-22-17)20-21-9-10-26-20/h2-10,12-14H,11H2,1H3,(H,23,25). The zero-order valence-corrected chi connectivity index (χ0v) is 15.1. The normalized spacial score (nSPS) is 12.2. The fraction of sp³-hybridized carbons (Fsp3) is 0.150. The molecule has 2 aromatic carbocycles. The molecule has 1 amide bonds. The van der Waals surface area contributed by atoms with E-state index in [1.54, 1.807) is 23.9 Å². The summed E-state index contributed by atoms with van der Waals surface area (Å²) >= 11 is 1.55. The van der Waals surface area contributed by atoms with Crippen molar-refractivity contribution >= 4 is 34.0 Å². The Bertz CT molecular complexity index is 1020. The molecule has 1 atom stereocenters. The second kappa shape index (κ2) is 7.09. The van der Waals surface area contributed by atoms with Gasteiger partial charge in [-0.15, -0.1) is 11.3 Å². The maximum absolute atomic E-state index is 12.4. The van der Waals surface area contributed by atoms with E-state index in [-0.39, 0.29) is 11.8 Å². The molecule has 0 bridgehead atoms. The molecule has 5 nitrogen and oxygen atoms in total. The van der Waals surface area contributed by atoms with Crippen LogP contribution in [0.3, 0.4) is 0 Å². The van der Waals surface area contributed by atoms with Crippen LogP contribution in [-0.2, 0) is 4.79 Å². The lowest BCUT2D eigenvalue weighted by Crippen LogP contribution is -2.14. The van der Waals surface area contributed by atoms with Crippen molar-refractivity contribution in [2.24, 2.45) is 0 Å². The minimum absolute atomic E-state index is 0.000942. The molecule has 2 aromatic heterocycles. The number of carbonyl (C=O) groups is 1. The minimum Gasteiger partial charge on any atom is -0.326 e. The van der Waals surface area contributed by atoms with Gasteiger partial charge in [0.1, 0.15) is 6.33 Å². The van der Waals surface area contributed by atoms with E-state index in [4.69, 9.17) is 0 Å². The van der Waals surface area contributed by atoms with E-state index in [1.807, 2.05) is 46.3 Å². The maximum Gasteiger partial charge on any atom is 0.224 e. The van der Waals surface area contributed by atoms with Crippen LogP contribution in [0.2, 0.25) is 0 Å². The number of benzene rings is 2. The van der Waals surface area contributed by atoms with Crippen LogP contribution in [0.25, 0.3) is 16.2 Å². The molecule has 0 fully saturated rings. The highest BCUT2D eigenvalue weighted by atomic mass is 32.1. The number of thiazole rings is 1. The van der Waals surface area contributed by atoms with Gasteiger partial charge in [-0.05, 0) is 29.7 Å². The van der Waals surface area contributed by atoms with Gasteiger partial charge in [0, 0.05) is 23.7 Å². The minimum atomic E-state index is 0.000942. The summed E-state index contributed by atoms with van der Waals surface area (Å²) in [6.07, 6.45) is 3.96. The van der Waals surface area contributed by atoms with E-state index in [0.717, 1.165) is 21.9 Å². The van der Waals surface area contributed by atoms with E-state index >= 15 is 0 Å². The van der Waals surface area contributed by atoms with Crippen molar-refractivity contribution in [1.82, 2.24) is 14.5 Å². The van der Waals surface area contributed by atoms with Crippen molar-refractivity contribution in [3.05, 3.63) is 72.0 Å². The zero-order valence-electron chi connectivity index (χ0n) is 14.3. The van der Waals surface area contributed by atoms with Crippen LogP contribution in [0, 0.1) is 0 Å². The third kappa shape index (κ3) is 3.36. The number of rotatable bonds is 5. The molecular formula is C20H18N4OS. The highest BCUT2D eigenvalue weighted by Gasteiger charge is 2.13. The molecule has 26 heavy (non-hydrogen) atoms. The molecule has 1 N–H and O–H groups in total. The van der Waals surface area contributed by atoms with Gasteiger partial charge < -0.3 is 5.32 Å². The molecule has 1 unspecified atom stereocenters. The first-order valence-electron chi connectivity index (χ1n) is 8.42. The molecule has 4 aromatic rings. The summed E-state index contributed by atoms with van der Waals surface area (Å²) in [6, 6.07) is 15.8. The topological polar surface area (TPSA) is 59.8 Å². The van der Waals surface area contributed by atoms with Crippen LogP contribution < -0.4 is 5.32 Å². The quantitative estimate of drug-likeness (QED) is 0.564. The Hall–Kier alpha value is -2.99. The molecule has 0 spiro atoms. The summed E-state index contributed by atoms with van der Waals surface area (Å²) in [5.74, 6) is 0.168. The van der Waals surface area contributed by atoms with Gasteiger partial charge in [0.2, 0.25) is 5.91 Å². The van der Waals surface area contributed by atoms with Crippen LogP contribution in [0.15, 0.2) is 66.4 Å². The SMILES string of the molecule is CC(CC(=O)Nc1ccc2ncn(-c3nccs3)c2c1)c1ccccc1. The predicted molar refractivity (Wildman–Crippen MR) is 105 cm³/mol. The first-order chi connectivity index (χ1) is 12.7. The Morgan fingerprint density at radius 3 is 2.81 bits per heavy atom. The van der Waals surface area contributed by atoms with E-state index in [2.05, 4.69) is 34.3 Å².